The van der Waals surface area contributed by atoms with Crippen molar-refractivity contribution < 1.29 is 9.59 Å². The zero-order chi connectivity index (χ0) is 13.3. The summed E-state index contributed by atoms with van der Waals surface area (Å²) < 4.78 is 0. The number of halogens is 1. The van der Waals surface area contributed by atoms with Crippen LogP contribution in [0.25, 0.3) is 0 Å². The van der Waals surface area contributed by atoms with E-state index in [-0.39, 0.29) is 11.7 Å². The number of nitrogens with zero attached hydrogens (tertiary/aromatic N) is 3. The third-order valence-corrected chi connectivity index (χ3v) is 3.93. The normalized spacial score (nSPS) is 19.4. The molecule has 0 aromatic carbocycles. The second kappa shape index (κ2) is 5.14. The molecule has 1 amide bonds. The molecule has 1 aromatic heterocycles. The topological polar surface area (TPSA) is 63.2 Å². The second-order valence-corrected chi connectivity index (χ2v) is 5.10. The summed E-state index contributed by atoms with van der Waals surface area (Å²) in [7, 11) is 0. The van der Waals surface area contributed by atoms with Crippen molar-refractivity contribution in [3.63, 3.8) is 0 Å². The first-order valence-electron chi connectivity index (χ1n) is 5.73. The molecule has 1 aliphatic heterocycles. The van der Waals surface area contributed by atoms with Crippen LogP contribution in [0, 0.1) is 12.8 Å². The minimum atomic E-state index is -0.0647. The van der Waals surface area contributed by atoms with E-state index in [9.17, 15) is 9.59 Å². The smallest absolute Gasteiger partial charge is 0.232 e. The fraction of sp³-hybridized carbons (Fsp3) is 0.500. The average molecular weight is 312 g/mol. The number of rotatable bonds is 3. The molecule has 1 aromatic rings. The molecule has 6 heteroatoms. The summed E-state index contributed by atoms with van der Waals surface area (Å²) in [6, 6.07) is 0. The van der Waals surface area contributed by atoms with Crippen molar-refractivity contribution in [3.05, 3.63) is 17.5 Å². The van der Waals surface area contributed by atoms with Crippen LogP contribution in [0.2, 0.25) is 0 Å². The number of anilines is 1. The van der Waals surface area contributed by atoms with Gasteiger partial charge in [0, 0.05) is 24.5 Å². The Hall–Kier alpha value is -1.30. The van der Waals surface area contributed by atoms with Gasteiger partial charge in [0.15, 0.2) is 5.78 Å². The quantitative estimate of drug-likeness (QED) is 0.630. The molecule has 2 rings (SSSR count). The van der Waals surface area contributed by atoms with E-state index < -0.39 is 0 Å². The number of alkyl halides is 1. The monoisotopic (exact) mass is 311 g/mol. The van der Waals surface area contributed by atoms with Crippen LogP contribution in [0.15, 0.2) is 6.20 Å². The molecule has 0 N–H and O–H groups in total. The van der Waals surface area contributed by atoms with Gasteiger partial charge in [-0.2, -0.15) is 0 Å². The largest absolute Gasteiger partial charge is 0.294 e. The van der Waals surface area contributed by atoms with Crippen molar-refractivity contribution in [2.45, 2.75) is 20.3 Å². The molecular weight excluding hydrogens is 298 g/mol. The standard InChI is InChI=1S/C12H14BrN3O2/c1-7-10(8(2)17)5-14-12(15-7)16-6-9(4-13)3-11(16)18/h5,9H,3-4,6H2,1-2H3. The summed E-state index contributed by atoms with van der Waals surface area (Å²) in [6.45, 7) is 3.86. The number of hydrogen-bond donors (Lipinski definition) is 0. The van der Waals surface area contributed by atoms with Crippen LogP contribution in [0.1, 0.15) is 29.4 Å². The number of aromatic nitrogens is 2. The average Bonchev–Trinajstić information content (AvgIpc) is 2.70. The van der Waals surface area contributed by atoms with E-state index in [2.05, 4.69) is 25.9 Å². The van der Waals surface area contributed by atoms with Crippen molar-refractivity contribution in [2.24, 2.45) is 5.92 Å². The summed E-state index contributed by atoms with van der Waals surface area (Å²) in [6.07, 6.45) is 2.01. The zero-order valence-electron chi connectivity index (χ0n) is 10.3. The Kier molecular flexibility index (Phi) is 3.75. The van der Waals surface area contributed by atoms with Crippen LogP contribution in [-0.4, -0.2) is 33.5 Å². The summed E-state index contributed by atoms with van der Waals surface area (Å²) in [5, 5.41) is 0.791. The van der Waals surface area contributed by atoms with Gasteiger partial charge in [-0.05, 0) is 19.8 Å². The van der Waals surface area contributed by atoms with Crippen LogP contribution in [-0.2, 0) is 4.79 Å². The Bertz CT molecular complexity index is 504. The molecule has 5 nitrogen and oxygen atoms in total. The Balaban J connectivity index is 2.27. The van der Waals surface area contributed by atoms with Crippen LogP contribution in [0.3, 0.4) is 0 Å². The highest BCUT2D eigenvalue weighted by atomic mass is 79.9. The number of amides is 1. The lowest BCUT2D eigenvalue weighted by Crippen LogP contribution is -2.27. The molecular formula is C12H14BrN3O2. The van der Waals surface area contributed by atoms with Crippen LogP contribution in [0.5, 0.6) is 0 Å². The molecule has 1 saturated heterocycles. The maximum absolute atomic E-state index is 11.8. The molecule has 1 unspecified atom stereocenters. The van der Waals surface area contributed by atoms with Gasteiger partial charge in [-0.25, -0.2) is 9.97 Å². The van der Waals surface area contributed by atoms with Gasteiger partial charge in [-0.15, -0.1) is 0 Å². The predicted molar refractivity (Wildman–Crippen MR) is 71.0 cm³/mol. The molecule has 1 atom stereocenters. The summed E-state index contributed by atoms with van der Waals surface area (Å²) in [5.41, 5.74) is 1.12. The van der Waals surface area contributed by atoms with Crippen molar-refractivity contribution in [1.82, 2.24) is 9.97 Å². The van der Waals surface area contributed by atoms with E-state index in [4.69, 9.17) is 0 Å². The van der Waals surface area contributed by atoms with E-state index in [1.54, 1.807) is 11.8 Å². The molecule has 2 heterocycles. The fourth-order valence-electron chi connectivity index (χ4n) is 2.01. The lowest BCUT2D eigenvalue weighted by atomic mass is 10.2. The lowest BCUT2D eigenvalue weighted by Gasteiger charge is -2.15. The number of carbonyl (C=O) groups excluding carboxylic acids is 2. The van der Waals surface area contributed by atoms with Crippen molar-refractivity contribution in [3.8, 4) is 0 Å². The van der Waals surface area contributed by atoms with Crippen LogP contribution >= 0.6 is 15.9 Å². The Morgan fingerprint density at radius 1 is 1.61 bits per heavy atom. The SMILES string of the molecule is CC(=O)c1cnc(N2CC(CBr)CC2=O)nc1C. The molecule has 1 fully saturated rings. The van der Waals surface area contributed by atoms with Crippen molar-refractivity contribution in [2.75, 3.05) is 16.8 Å². The van der Waals surface area contributed by atoms with Gasteiger partial charge in [-0.3, -0.25) is 14.5 Å². The predicted octanol–water partition coefficient (Wildman–Crippen LogP) is 1.74. The maximum Gasteiger partial charge on any atom is 0.232 e. The van der Waals surface area contributed by atoms with E-state index >= 15 is 0 Å². The molecule has 0 spiro atoms. The first-order valence-corrected chi connectivity index (χ1v) is 6.86. The highest BCUT2D eigenvalue weighted by Gasteiger charge is 2.31. The van der Waals surface area contributed by atoms with Crippen LogP contribution < -0.4 is 4.90 Å². The number of ketones is 1. The van der Waals surface area contributed by atoms with Gasteiger partial charge in [-0.1, -0.05) is 15.9 Å². The molecule has 0 saturated carbocycles. The Morgan fingerprint density at radius 3 is 2.83 bits per heavy atom. The van der Waals surface area contributed by atoms with Gasteiger partial charge in [0.25, 0.3) is 0 Å². The summed E-state index contributed by atoms with van der Waals surface area (Å²) >= 11 is 3.38. The van der Waals surface area contributed by atoms with Crippen LogP contribution in [0.4, 0.5) is 5.95 Å². The second-order valence-electron chi connectivity index (χ2n) is 4.45. The molecule has 18 heavy (non-hydrogen) atoms. The fourth-order valence-corrected chi connectivity index (χ4v) is 2.44. The molecule has 96 valence electrons. The van der Waals surface area contributed by atoms with Crippen molar-refractivity contribution >= 4 is 33.6 Å². The highest BCUT2D eigenvalue weighted by Crippen LogP contribution is 2.23. The summed E-state index contributed by atoms with van der Waals surface area (Å²) in [4.78, 5) is 33.1. The van der Waals surface area contributed by atoms with E-state index in [1.165, 1.54) is 13.1 Å². The first-order chi connectivity index (χ1) is 8.52. The zero-order valence-corrected chi connectivity index (χ0v) is 11.9. The van der Waals surface area contributed by atoms with Gasteiger partial charge in [0.05, 0.1) is 11.3 Å². The number of carbonyl (C=O) groups is 2. The van der Waals surface area contributed by atoms with Gasteiger partial charge in [0.2, 0.25) is 11.9 Å². The van der Waals surface area contributed by atoms with Gasteiger partial charge < -0.3 is 0 Å². The van der Waals surface area contributed by atoms with Gasteiger partial charge >= 0.3 is 0 Å². The van der Waals surface area contributed by atoms with E-state index in [0.29, 0.717) is 36.1 Å². The van der Waals surface area contributed by atoms with E-state index in [0.717, 1.165) is 5.33 Å². The number of hydrogen-bond acceptors (Lipinski definition) is 4. The Labute approximate surface area is 114 Å². The maximum atomic E-state index is 11.8. The first kappa shape index (κ1) is 13.1. The molecule has 0 aliphatic carbocycles. The van der Waals surface area contributed by atoms with Gasteiger partial charge in [0.1, 0.15) is 0 Å². The third-order valence-electron chi connectivity index (χ3n) is 3.01. The molecule has 0 radical (unpaired) electrons. The minimum absolute atomic E-state index is 0.0365. The molecule has 1 aliphatic rings. The molecule has 0 bridgehead atoms. The van der Waals surface area contributed by atoms with Crippen molar-refractivity contribution in [1.29, 1.82) is 0 Å². The Morgan fingerprint density at radius 2 is 2.33 bits per heavy atom. The lowest BCUT2D eigenvalue weighted by molar-refractivity contribution is -0.117. The van der Waals surface area contributed by atoms with E-state index in [1.807, 2.05) is 0 Å². The summed E-state index contributed by atoms with van der Waals surface area (Å²) in [5.74, 6) is 0.666. The number of aryl methyl sites for hydroxylation is 1. The highest BCUT2D eigenvalue weighted by molar-refractivity contribution is 9.09. The number of Topliss-reactive ketones (excluding diaryl/α,β-unsaturated/α-hetero) is 1. The minimum Gasteiger partial charge on any atom is -0.294 e. The third kappa shape index (κ3) is 2.43.